The number of ether oxygens (including phenoxy) is 7. The monoisotopic (exact) mass is 748 g/mol. The topological polar surface area (TPSA) is 214 Å². The lowest BCUT2D eigenvalue weighted by Crippen LogP contribution is -2.65. The zero-order chi connectivity index (χ0) is 39.0. The van der Waals surface area contributed by atoms with Crippen molar-refractivity contribution in [3.8, 4) is 0 Å². The first-order valence-corrected chi connectivity index (χ1v) is 19.0. The summed E-state index contributed by atoms with van der Waals surface area (Å²) < 4.78 is 40.7. The van der Waals surface area contributed by atoms with Crippen LogP contribution in [0.5, 0.6) is 0 Å². The quantitative estimate of drug-likeness (QED) is 0.0672. The maximum Gasteiger partial charge on any atom is 0.308 e. The summed E-state index contributed by atoms with van der Waals surface area (Å²) >= 11 is 0. The van der Waals surface area contributed by atoms with Gasteiger partial charge in [-0.2, -0.15) is 0 Å². The number of rotatable bonds is 23. The first-order chi connectivity index (χ1) is 24.6. The molecule has 9 atom stereocenters. The van der Waals surface area contributed by atoms with Gasteiger partial charge in [-0.3, -0.25) is 19.2 Å². The maximum absolute atomic E-state index is 13.3. The van der Waals surface area contributed by atoms with Crippen LogP contribution in [-0.2, 0) is 52.3 Å². The van der Waals surface area contributed by atoms with E-state index in [-0.39, 0.29) is 18.8 Å². The van der Waals surface area contributed by atoms with Gasteiger partial charge in [0.1, 0.15) is 31.0 Å². The summed E-state index contributed by atoms with van der Waals surface area (Å²) in [5.74, 6) is -6.74. The van der Waals surface area contributed by atoms with Gasteiger partial charge in [-0.15, -0.1) is 0 Å². The van der Waals surface area contributed by atoms with Gasteiger partial charge in [0, 0.05) is 12.8 Å². The third kappa shape index (κ3) is 13.8. The highest BCUT2D eigenvalue weighted by Crippen LogP contribution is 2.40. The average Bonchev–Trinajstić information content (AvgIpc) is 3.34. The Bertz CT molecular complexity index is 1100. The van der Waals surface area contributed by atoms with E-state index in [1.54, 1.807) is 41.5 Å². The second-order valence-electron chi connectivity index (χ2n) is 14.8. The Morgan fingerprint density at radius 1 is 0.692 bits per heavy atom. The van der Waals surface area contributed by atoms with Crippen LogP contribution < -0.4 is 0 Å². The molecule has 15 heteroatoms. The fourth-order valence-corrected chi connectivity index (χ4v) is 5.91. The third-order valence-electron chi connectivity index (χ3n) is 8.97. The lowest BCUT2D eigenvalue weighted by atomic mass is 9.97. The molecule has 302 valence electrons. The molecule has 0 bridgehead atoms. The van der Waals surface area contributed by atoms with Crippen LogP contribution in [0.3, 0.4) is 0 Å². The van der Waals surface area contributed by atoms with E-state index in [9.17, 15) is 39.6 Å². The summed E-state index contributed by atoms with van der Waals surface area (Å²) in [7, 11) is 0. The average molecular weight is 749 g/mol. The van der Waals surface area contributed by atoms with E-state index < -0.39 is 110 Å². The van der Waals surface area contributed by atoms with Crippen molar-refractivity contribution < 1.29 is 72.8 Å². The number of hydrogen-bond acceptors (Lipinski definition) is 15. The van der Waals surface area contributed by atoms with E-state index >= 15 is 0 Å². The number of aliphatic hydroxyl groups excluding tert-OH is 4. The second kappa shape index (κ2) is 22.7. The Hall–Kier alpha value is -2.40. The molecular formula is C37H64O15. The molecule has 0 spiro atoms. The smallest absolute Gasteiger partial charge is 0.308 e. The molecule has 2 aliphatic heterocycles. The van der Waals surface area contributed by atoms with Gasteiger partial charge in [-0.05, 0) is 12.3 Å². The molecule has 0 aromatic heterocycles. The number of carbonyl (C=O) groups excluding carboxylic acids is 4. The van der Waals surface area contributed by atoms with Gasteiger partial charge < -0.3 is 53.6 Å². The highest BCUT2D eigenvalue weighted by molar-refractivity contribution is 5.72. The van der Waals surface area contributed by atoms with Gasteiger partial charge in [0.05, 0.1) is 25.0 Å². The third-order valence-corrected chi connectivity index (χ3v) is 8.97. The van der Waals surface area contributed by atoms with Crippen LogP contribution >= 0.6 is 0 Å². The highest BCUT2D eigenvalue weighted by atomic mass is 16.8. The number of hydrogen-bond donors (Lipinski definition) is 4. The Kier molecular flexibility index (Phi) is 20.0. The summed E-state index contributed by atoms with van der Waals surface area (Å²) in [4.78, 5) is 51.8. The highest BCUT2D eigenvalue weighted by Gasteiger charge is 2.63. The number of esters is 4. The van der Waals surface area contributed by atoms with Crippen LogP contribution in [0.25, 0.3) is 0 Å². The zero-order valence-electron chi connectivity index (χ0n) is 32.0. The van der Waals surface area contributed by atoms with Crippen molar-refractivity contribution in [3.63, 3.8) is 0 Å². The van der Waals surface area contributed by atoms with Gasteiger partial charge in [0.2, 0.25) is 12.1 Å². The van der Waals surface area contributed by atoms with Gasteiger partial charge in [-0.1, -0.05) is 99.8 Å². The van der Waals surface area contributed by atoms with Crippen molar-refractivity contribution in [2.24, 2.45) is 17.8 Å². The second-order valence-corrected chi connectivity index (χ2v) is 14.8. The minimum atomic E-state index is -2.37. The summed E-state index contributed by atoms with van der Waals surface area (Å²) in [6.45, 7) is 9.63. The molecule has 0 unspecified atom stereocenters. The normalized spacial score (nSPS) is 29.0. The van der Waals surface area contributed by atoms with Crippen molar-refractivity contribution in [2.75, 3.05) is 19.8 Å². The van der Waals surface area contributed by atoms with Crippen LogP contribution in [0.15, 0.2) is 0 Å². The van der Waals surface area contributed by atoms with Crippen molar-refractivity contribution in [2.45, 2.75) is 174 Å². The van der Waals surface area contributed by atoms with Crippen molar-refractivity contribution >= 4 is 23.9 Å². The number of carbonyl (C=O) groups is 4. The Morgan fingerprint density at radius 2 is 1.25 bits per heavy atom. The van der Waals surface area contributed by atoms with Crippen LogP contribution in [0, 0.1) is 17.8 Å². The first kappa shape index (κ1) is 45.8. The molecule has 2 aliphatic rings. The van der Waals surface area contributed by atoms with Gasteiger partial charge in [0.25, 0.3) is 0 Å². The van der Waals surface area contributed by atoms with Gasteiger partial charge in [0.15, 0.2) is 18.3 Å². The van der Waals surface area contributed by atoms with Crippen molar-refractivity contribution in [1.82, 2.24) is 0 Å². The Morgan fingerprint density at radius 3 is 1.79 bits per heavy atom. The molecule has 0 aromatic rings. The SMILES string of the molecule is CCCCCCCCCCCC(=O)O[C@H]1[C@@H](O[C@]2(COC(=O)C(C)C)O[C@H](CO)[C@@H](O)[C@@H]2OC(=O)C(C)C)O[C@H](CO)[C@@H](O)[C@@H]1OC(=O)CC(C)C. The predicted octanol–water partition coefficient (Wildman–Crippen LogP) is 3.09. The predicted molar refractivity (Wildman–Crippen MR) is 185 cm³/mol. The van der Waals surface area contributed by atoms with Gasteiger partial charge in [-0.25, -0.2) is 0 Å². The van der Waals surface area contributed by atoms with E-state index in [0.717, 1.165) is 25.7 Å². The van der Waals surface area contributed by atoms with E-state index in [1.807, 2.05) is 0 Å². The molecule has 2 rings (SSSR count). The molecule has 2 saturated heterocycles. The van der Waals surface area contributed by atoms with Crippen molar-refractivity contribution in [3.05, 3.63) is 0 Å². The molecule has 0 saturated carbocycles. The molecule has 2 heterocycles. The molecule has 0 aliphatic carbocycles. The van der Waals surface area contributed by atoms with Crippen LogP contribution in [-0.4, -0.2) is 119 Å². The minimum absolute atomic E-state index is 0.0151. The first-order valence-electron chi connectivity index (χ1n) is 19.0. The molecule has 15 nitrogen and oxygen atoms in total. The van der Waals surface area contributed by atoms with E-state index in [1.165, 1.54) is 25.7 Å². The lowest BCUT2D eigenvalue weighted by molar-refractivity contribution is -0.384. The molecule has 0 radical (unpaired) electrons. The molecule has 0 aromatic carbocycles. The molecule has 52 heavy (non-hydrogen) atoms. The van der Waals surface area contributed by atoms with E-state index in [2.05, 4.69) is 6.92 Å². The fourth-order valence-electron chi connectivity index (χ4n) is 5.91. The maximum atomic E-state index is 13.3. The van der Waals surface area contributed by atoms with Crippen LogP contribution in [0.1, 0.15) is 119 Å². The summed E-state index contributed by atoms with van der Waals surface area (Å²) in [6.07, 6.45) is -3.98. The van der Waals surface area contributed by atoms with Crippen molar-refractivity contribution in [1.29, 1.82) is 0 Å². The zero-order valence-corrected chi connectivity index (χ0v) is 32.0. The standard InChI is InChI=1S/C37H64O15/c1-8-9-10-11-12-13-14-15-16-17-27(40)48-32-31(49-28(41)18-22(2)3)29(42)25(19-38)47-36(32)52-37(21-46-34(44)23(4)5)33(50-35(45)24(6)7)30(43)26(20-39)51-37/h22-26,29-33,36,38-39,42-43H,8-21H2,1-7H3/t25-,26-,29-,30-,31+,32-,33+,36-,37+/m1/s1. The molecule has 4 N–H and O–H groups in total. The summed E-state index contributed by atoms with van der Waals surface area (Å²) in [5.41, 5.74) is 0. The summed E-state index contributed by atoms with van der Waals surface area (Å²) in [5, 5.41) is 42.7. The van der Waals surface area contributed by atoms with Gasteiger partial charge >= 0.3 is 23.9 Å². The lowest BCUT2D eigenvalue weighted by Gasteiger charge is -2.46. The van der Waals surface area contributed by atoms with Crippen LogP contribution in [0.2, 0.25) is 0 Å². The fraction of sp³-hybridized carbons (Fsp3) is 0.892. The molecular weight excluding hydrogens is 684 g/mol. The Balaban J connectivity index is 2.47. The summed E-state index contributed by atoms with van der Waals surface area (Å²) in [6, 6.07) is 0. The Labute approximate surface area is 307 Å². The molecule has 2 fully saturated rings. The number of unbranched alkanes of at least 4 members (excludes halogenated alkanes) is 8. The largest absolute Gasteiger partial charge is 0.460 e. The minimum Gasteiger partial charge on any atom is -0.460 e. The van der Waals surface area contributed by atoms with E-state index in [4.69, 9.17) is 33.2 Å². The molecule has 0 amide bonds. The van der Waals surface area contributed by atoms with E-state index in [0.29, 0.717) is 6.42 Å². The number of aliphatic hydroxyl groups is 4. The van der Waals surface area contributed by atoms with Crippen LogP contribution in [0.4, 0.5) is 0 Å².